The molecule has 0 saturated heterocycles. The van der Waals surface area contributed by atoms with Gasteiger partial charge in [0, 0.05) is 15.9 Å². The number of hydrogen-bond donors (Lipinski definition) is 1. The summed E-state index contributed by atoms with van der Waals surface area (Å²) in [5.74, 6) is -0.141. The summed E-state index contributed by atoms with van der Waals surface area (Å²) >= 11 is 11.1. The molecule has 5 heteroatoms. The third-order valence-electron chi connectivity index (χ3n) is 2.43. The summed E-state index contributed by atoms with van der Waals surface area (Å²) in [4.78, 5) is 13.2. The lowest BCUT2D eigenvalue weighted by atomic mass is 10.2. The SMILES string of the molecule is O=C(NCCc1cccs1)c1cccc(Br)c1Cl. The number of hydrogen-bond acceptors (Lipinski definition) is 2. The average Bonchev–Trinajstić information content (AvgIpc) is 2.85. The molecule has 0 atom stereocenters. The summed E-state index contributed by atoms with van der Waals surface area (Å²) in [6.45, 7) is 0.613. The molecule has 2 rings (SSSR count). The minimum Gasteiger partial charge on any atom is -0.352 e. The van der Waals surface area contributed by atoms with E-state index < -0.39 is 0 Å². The third-order valence-corrected chi connectivity index (χ3v) is 4.67. The van der Waals surface area contributed by atoms with Gasteiger partial charge in [-0.15, -0.1) is 11.3 Å². The van der Waals surface area contributed by atoms with E-state index in [2.05, 4.69) is 27.3 Å². The van der Waals surface area contributed by atoms with Crippen LogP contribution < -0.4 is 5.32 Å². The first kappa shape index (κ1) is 13.6. The fourth-order valence-corrected chi connectivity index (χ4v) is 2.82. The van der Waals surface area contributed by atoms with E-state index in [1.54, 1.807) is 23.5 Å². The van der Waals surface area contributed by atoms with Gasteiger partial charge >= 0.3 is 0 Å². The molecule has 0 aliphatic rings. The maximum atomic E-state index is 11.9. The van der Waals surface area contributed by atoms with Gasteiger partial charge in [0.2, 0.25) is 0 Å². The monoisotopic (exact) mass is 343 g/mol. The summed E-state index contributed by atoms with van der Waals surface area (Å²) < 4.78 is 0.732. The molecule has 1 aromatic heterocycles. The largest absolute Gasteiger partial charge is 0.352 e. The molecule has 1 N–H and O–H groups in total. The minimum absolute atomic E-state index is 0.141. The van der Waals surface area contributed by atoms with Gasteiger partial charge in [0.25, 0.3) is 5.91 Å². The average molecular weight is 345 g/mol. The van der Waals surface area contributed by atoms with Gasteiger partial charge in [-0.3, -0.25) is 4.79 Å². The van der Waals surface area contributed by atoms with Crippen LogP contribution >= 0.6 is 38.9 Å². The van der Waals surface area contributed by atoms with Crippen molar-refractivity contribution in [1.82, 2.24) is 5.32 Å². The van der Waals surface area contributed by atoms with Gasteiger partial charge in [-0.1, -0.05) is 23.7 Å². The molecule has 0 spiro atoms. The van der Waals surface area contributed by atoms with Crippen molar-refractivity contribution in [2.24, 2.45) is 0 Å². The highest BCUT2D eigenvalue weighted by molar-refractivity contribution is 9.10. The lowest BCUT2D eigenvalue weighted by molar-refractivity contribution is 0.0954. The molecule has 2 aromatic rings. The molecular formula is C13H11BrClNOS. The van der Waals surface area contributed by atoms with Crippen LogP contribution in [-0.2, 0) is 6.42 Å². The number of rotatable bonds is 4. The highest BCUT2D eigenvalue weighted by Crippen LogP contribution is 2.25. The Hall–Kier alpha value is -0.840. The van der Waals surface area contributed by atoms with E-state index in [4.69, 9.17) is 11.6 Å². The van der Waals surface area contributed by atoms with Crippen LogP contribution in [0.3, 0.4) is 0 Å². The lowest BCUT2D eigenvalue weighted by Gasteiger charge is -2.07. The van der Waals surface area contributed by atoms with Gasteiger partial charge in [0.15, 0.2) is 0 Å². The number of carbonyl (C=O) groups is 1. The summed E-state index contributed by atoms with van der Waals surface area (Å²) in [5, 5.41) is 5.35. The number of amides is 1. The van der Waals surface area contributed by atoms with Crippen molar-refractivity contribution in [2.75, 3.05) is 6.54 Å². The molecule has 1 amide bonds. The van der Waals surface area contributed by atoms with E-state index in [9.17, 15) is 4.79 Å². The maximum absolute atomic E-state index is 11.9. The van der Waals surface area contributed by atoms with Crippen LogP contribution in [0.15, 0.2) is 40.2 Å². The molecule has 1 heterocycles. The Morgan fingerprint density at radius 1 is 1.33 bits per heavy atom. The quantitative estimate of drug-likeness (QED) is 0.887. The summed E-state index contributed by atoms with van der Waals surface area (Å²) in [5.41, 5.74) is 0.497. The summed E-state index contributed by atoms with van der Waals surface area (Å²) in [7, 11) is 0. The van der Waals surface area contributed by atoms with E-state index in [-0.39, 0.29) is 5.91 Å². The molecule has 0 fully saturated rings. The minimum atomic E-state index is -0.141. The Bertz CT molecular complexity index is 542. The second kappa shape index (κ2) is 6.36. The van der Waals surface area contributed by atoms with Gasteiger partial charge in [0.1, 0.15) is 0 Å². The normalized spacial score (nSPS) is 10.3. The lowest BCUT2D eigenvalue weighted by Crippen LogP contribution is -2.25. The highest BCUT2D eigenvalue weighted by Gasteiger charge is 2.11. The van der Waals surface area contributed by atoms with Gasteiger partial charge < -0.3 is 5.32 Å². The van der Waals surface area contributed by atoms with Crippen molar-refractivity contribution in [2.45, 2.75) is 6.42 Å². The third kappa shape index (κ3) is 3.34. The van der Waals surface area contributed by atoms with Crippen molar-refractivity contribution >= 4 is 44.8 Å². The highest BCUT2D eigenvalue weighted by atomic mass is 79.9. The Balaban J connectivity index is 1.93. The van der Waals surface area contributed by atoms with Crippen LogP contribution in [0.2, 0.25) is 5.02 Å². The van der Waals surface area contributed by atoms with Crippen LogP contribution in [0, 0.1) is 0 Å². The first-order chi connectivity index (χ1) is 8.68. The van der Waals surface area contributed by atoms with Gasteiger partial charge in [0.05, 0.1) is 10.6 Å². The molecule has 0 aliphatic heterocycles. The van der Waals surface area contributed by atoms with Crippen LogP contribution in [0.25, 0.3) is 0 Å². The summed E-state index contributed by atoms with van der Waals surface area (Å²) in [6.07, 6.45) is 0.842. The molecule has 2 nitrogen and oxygen atoms in total. The van der Waals surface area contributed by atoms with E-state index in [0.29, 0.717) is 17.1 Å². The van der Waals surface area contributed by atoms with Gasteiger partial charge in [-0.05, 0) is 45.9 Å². The zero-order valence-electron chi connectivity index (χ0n) is 9.45. The first-order valence-electron chi connectivity index (χ1n) is 5.43. The molecule has 0 unspecified atom stereocenters. The van der Waals surface area contributed by atoms with E-state index >= 15 is 0 Å². The molecule has 0 bridgehead atoms. The smallest absolute Gasteiger partial charge is 0.252 e. The second-order valence-corrected chi connectivity index (χ2v) is 5.95. The van der Waals surface area contributed by atoms with E-state index in [1.165, 1.54) is 4.88 Å². The molecule has 0 aliphatic carbocycles. The molecule has 0 saturated carbocycles. The van der Waals surface area contributed by atoms with Crippen molar-refractivity contribution in [1.29, 1.82) is 0 Å². The molecule has 1 aromatic carbocycles. The standard InChI is InChI=1S/C13H11BrClNOS/c14-11-5-1-4-10(12(11)15)13(17)16-7-6-9-3-2-8-18-9/h1-5,8H,6-7H2,(H,16,17). The molecule has 0 radical (unpaired) electrons. The number of benzene rings is 1. The molecule has 94 valence electrons. The van der Waals surface area contributed by atoms with Crippen LogP contribution in [0.5, 0.6) is 0 Å². The number of halogens is 2. The number of carbonyl (C=O) groups excluding carboxylic acids is 1. The van der Waals surface area contributed by atoms with E-state index in [1.807, 2.05) is 17.5 Å². The van der Waals surface area contributed by atoms with E-state index in [0.717, 1.165) is 10.9 Å². The van der Waals surface area contributed by atoms with Crippen molar-refractivity contribution < 1.29 is 4.79 Å². The topological polar surface area (TPSA) is 29.1 Å². The van der Waals surface area contributed by atoms with Crippen LogP contribution in [0.1, 0.15) is 15.2 Å². The fraction of sp³-hybridized carbons (Fsp3) is 0.154. The Morgan fingerprint density at radius 2 is 2.17 bits per heavy atom. The van der Waals surface area contributed by atoms with Crippen LogP contribution in [0.4, 0.5) is 0 Å². The Labute approximate surface area is 123 Å². The number of nitrogens with one attached hydrogen (secondary N) is 1. The zero-order chi connectivity index (χ0) is 13.0. The zero-order valence-corrected chi connectivity index (χ0v) is 12.6. The van der Waals surface area contributed by atoms with Crippen LogP contribution in [-0.4, -0.2) is 12.5 Å². The van der Waals surface area contributed by atoms with Gasteiger partial charge in [-0.2, -0.15) is 0 Å². The fourth-order valence-electron chi connectivity index (χ4n) is 1.53. The predicted octanol–water partition coefficient (Wildman–Crippen LogP) is 4.14. The Kier molecular flexibility index (Phi) is 4.80. The first-order valence-corrected chi connectivity index (χ1v) is 7.48. The number of thiophene rings is 1. The molecule has 18 heavy (non-hydrogen) atoms. The van der Waals surface area contributed by atoms with Crippen molar-refractivity contribution in [3.63, 3.8) is 0 Å². The maximum Gasteiger partial charge on any atom is 0.252 e. The van der Waals surface area contributed by atoms with Crippen molar-refractivity contribution in [3.05, 3.63) is 55.6 Å². The second-order valence-electron chi connectivity index (χ2n) is 3.69. The van der Waals surface area contributed by atoms with Gasteiger partial charge in [-0.25, -0.2) is 0 Å². The molecular weight excluding hydrogens is 334 g/mol. The Morgan fingerprint density at radius 3 is 2.89 bits per heavy atom. The summed E-state index contributed by atoms with van der Waals surface area (Å²) in [6, 6.07) is 9.39. The van der Waals surface area contributed by atoms with Crippen molar-refractivity contribution in [3.8, 4) is 0 Å². The predicted molar refractivity (Wildman–Crippen MR) is 79.5 cm³/mol.